The molecular formula is C20H19ClN2O4. The van der Waals surface area contributed by atoms with Gasteiger partial charge in [-0.2, -0.15) is 0 Å². The fraction of sp³-hybridized carbons (Fsp3) is 0.300. The number of nitrogens with one attached hydrogen (secondary N) is 1. The fourth-order valence-corrected chi connectivity index (χ4v) is 4.46. The molecule has 0 amide bonds. The molecule has 3 atom stereocenters. The highest BCUT2D eigenvalue weighted by atomic mass is 35.5. The van der Waals surface area contributed by atoms with Crippen LogP contribution in [0.1, 0.15) is 29.5 Å². The van der Waals surface area contributed by atoms with Gasteiger partial charge in [0.1, 0.15) is 5.75 Å². The van der Waals surface area contributed by atoms with Gasteiger partial charge in [0.2, 0.25) is 0 Å². The summed E-state index contributed by atoms with van der Waals surface area (Å²) in [5.41, 5.74) is 2.67. The zero-order valence-corrected chi connectivity index (χ0v) is 15.7. The molecular weight excluding hydrogens is 368 g/mol. The molecule has 1 aliphatic carbocycles. The van der Waals surface area contributed by atoms with Crippen LogP contribution in [-0.4, -0.2) is 19.1 Å². The molecule has 0 spiro atoms. The van der Waals surface area contributed by atoms with Crippen LogP contribution in [-0.2, 0) is 0 Å². The van der Waals surface area contributed by atoms with Crippen molar-refractivity contribution in [1.82, 2.24) is 0 Å². The summed E-state index contributed by atoms with van der Waals surface area (Å²) in [6.45, 7) is 0. The molecule has 7 heteroatoms. The molecule has 1 aliphatic heterocycles. The number of allylic oxidation sites excluding steroid dienone is 2. The van der Waals surface area contributed by atoms with Crippen molar-refractivity contribution in [3.05, 3.63) is 68.7 Å². The molecule has 0 unspecified atom stereocenters. The highest BCUT2D eigenvalue weighted by Crippen LogP contribution is 2.54. The lowest BCUT2D eigenvalue weighted by Gasteiger charge is -2.38. The molecule has 0 saturated carbocycles. The lowest BCUT2D eigenvalue weighted by atomic mass is 9.76. The summed E-state index contributed by atoms with van der Waals surface area (Å²) in [4.78, 5) is 11.0. The first-order chi connectivity index (χ1) is 13.0. The van der Waals surface area contributed by atoms with E-state index < -0.39 is 4.92 Å². The third kappa shape index (κ3) is 2.80. The van der Waals surface area contributed by atoms with Gasteiger partial charge in [0.05, 0.1) is 30.9 Å². The summed E-state index contributed by atoms with van der Waals surface area (Å²) in [7, 11) is 3.05. The zero-order valence-electron chi connectivity index (χ0n) is 14.9. The first-order valence-electron chi connectivity index (χ1n) is 8.67. The predicted molar refractivity (Wildman–Crippen MR) is 104 cm³/mol. The first-order valence-corrected chi connectivity index (χ1v) is 9.05. The number of anilines is 1. The number of benzene rings is 2. The Morgan fingerprint density at radius 2 is 1.93 bits per heavy atom. The molecule has 2 aromatic rings. The van der Waals surface area contributed by atoms with Crippen LogP contribution in [0, 0.1) is 16.0 Å². The molecule has 0 bridgehead atoms. The maximum Gasteiger partial charge on any atom is 0.311 e. The molecule has 27 heavy (non-hydrogen) atoms. The van der Waals surface area contributed by atoms with Gasteiger partial charge >= 0.3 is 5.69 Å². The summed E-state index contributed by atoms with van der Waals surface area (Å²) >= 11 is 6.50. The normalized spacial score (nSPS) is 22.6. The Hall–Kier alpha value is -2.73. The number of fused-ring (bicyclic) bond motifs is 3. The molecule has 0 fully saturated rings. The number of hydrogen-bond acceptors (Lipinski definition) is 5. The Morgan fingerprint density at radius 3 is 2.63 bits per heavy atom. The van der Waals surface area contributed by atoms with Crippen LogP contribution >= 0.6 is 11.6 Å². The van der Waals surface area contributed by atoms with Crippen LogP contribution in [0.3, 0.4) is 0 Å². The Bertz CT molecular complexity index is 944. The fourth-order valence-electron chi connectivity index (χ4n) is 4.18. The van der Waals surface area contributed by atoms with E-state index in [9.17, 15) is 10.1 Å². The van der Waals surface area contributed by atoms with Crippen molar-refractivity contribution in [3.8, 4) is 11.5 Å². The third-order valence-electron chi connectivity index (χ3n) is 5.41. The Kier molecular flexibility index (Phi) is 4.44. The third-order valence-corrected chi connectivity index (χ3v) is 5.74. The highest BCUT2D eigenvalue weighted by Gasteiger charge is 2.40. The minimum atomic E-state index is -0.416. The van der Waals surface area contributed by atoms with Crippen molar-refractivity contribution in [3.63, 3.8) is 0 Å². The number of nitro benzene ring substituents is 1. The summed E-state index contributed by atoms with van der Waals surface area (Å²) in [6.07, 6.45) is 5.18. The average molecular weight is 387 g/mol. The standard InChI is InChI=1S/C20H19ClN2O4/c1-26-16-8-6-11(10-15(16)23(24)25)19-13-5-3-4-12(13)18-14(21)7-9-17(27-2)20(18)22-19/h3-4,6-10,12-13,19,22H,5H2,1-2H3/t12-,13-,19-/m0/s1. The monoisotopic (exact) mass is 386 g/mol. The number of nitrogens with zero attached hydrogens (tertiary/aromatic N) is 1. The largest absolute Gasteiger partial charge is 0.495 e. The second-order valence-electron chi connectivity index (χ2n) is 6.70. The Labute approximate surface area is 161 Å². The van der Waals surface area contributed by atoms with E-state index in [0.717, 1.165) is 23.2 Å². The van der Waals surface area contributed by atoms with Gasteiger partial charge in [0, 0.05) is 22.6 Å². The summed E-state index contributed by atoms with van der Waals surface area (Å²) < 4.78 is 10.7. The smallest absolute Gasteiger partial charge is 0.311 e. The first kappa shape index (κ1) is 17.7. The highest BCUT2D eigenvalue weighted by molar-refractivity contribution is 6.32. The minimum absolute atomic E-state index is 0.0387. The number of ether oxygens (including phenoxy) is 2. The van der Waals surface area contributed by atoms with Gasteiger partial charge in [-0.1, -0.05) is 29.8 Å². The van der Waals surface area contributed by atoms with Crippen molar-refractivity contribution in [1.29, 1.82) is 0 Å². The quantitative estimate of drug-likeness (QED) is 0.450. The number of halogens is 1. The molecule has 6 nitrogen and oxygen atoms in total. The molecule has 2 aromatic carbocycles. The van der Waals surface area contributed by atoms with Crippen LogP contribution in [0.5, 0.6) is 11.5 Å². The van der Waals surface area contributed by atoms with Gasteiger partial charge < -0.3 is 14.8 Å². The molecule has 0 radical (unpaired) electrons. The SMILES string of the molecule is COc1ccc([C@@H]2Nc3c(OC)ccc(Cl)c3[C@H]3C=CC[C@@H]32)cc1[N+](=O)[O-]. The molecule has 1 heterocycles. The number of methoxy groups -OCH3 is 2. The van der Waals surface area contributed by atoms with Crippen LogP contribution in [0.15, 0.2) is 42.5 Å². The van der Waals surface area contributed by atoms with Crippen molar-refractivity contribution in [2.45, 2.75) is 18.4 Å². The maximum atomic E-state index is 11.4. The van der Waals surface area contributed by atoms with Gasteiger partial charge in [-0.05, 0) is 36.1 Å². The number of hydrogen-bond donors (Lipinski definition) is 1. The lowest BCUT2D eigenvalue weighted by Crippen LogP contribution is -2.29. The number of nitro groups is 1. The van der Waals surface area contributed by atoms with E-state index in [1.807, 2.05) is 18.2 Å². The van der Waals surface area contributed by atoms with E-state index in [1.54, 1.807) is 19.2 Å². The molecule has 0 saturated heterocycles. The molecule has 1 N–H and O–H groups in total. The van der Waals surface area contributed by atoms with Crippen molar-refractivity contribution in [2.24, 2.45) is 5.92 Å². The predicted octanol–water partition coefficient (Wildman–Crippen LogP) is 5.09. The van der Waals surface area contributed by atoms with Crippen LogP contribution in [0.2, 0.25) is 5.02 Å². The van der Waals surface area contributed by atoms with E-state index in [-0.39, 0.29) is 29.3 Å². The molecule has 2 aliphatic rings. The second-order valence-corrected chi connectivity index (χ2v) is 7.11. The molecule has 140 valence electrons. The van der Waals surface area contributed by atoms with E-state index in [2.05, 4.69) is 17.5 Å². The van der Waals surface area contributed by atoms with E-state index in [1.165, 1.54) is 7.11 Å². The Balaban J connectivity index is 1.83. The van der Waals surface area contributed by atoms with Crippen LogP contribution in [0.25, 0.3) is 0 Å². The average Bonchev–Trinajstić information content (AvgIpc) is 3.16. The van der Waals surface area contributed by atoms with Crippen molar-refractivity contribution < 1.29 is 14.4 Å². The van der Waals surface area contributed by atoms with E-state index in [0.29, 0.717) is 10.8 Å². The van der Waals surface area contributed by atoms with Gasteiger partial charge in [0.15, 0.2) is 5.75 Å². The summed E-state index contributed by atoms with van der Waals surface area (Å²) in [5, 5.41) is 15.7. The van der Waals surface area contributed by atoms with Gasteiger partial charge in [-0.25, -0.2) is 0 Å². The summed E-state index contributed by atoms with van der Waals surface area (Å²) in [6, 6.07) is 8.70. The molecule has 0 aromatic heterocycles. The van der Waals surface area contributed by atoms with Gasteiger partial charge in [0.25, 0.3) is 0 Å². The van der Waals surface area contributed by atoms with Crippen LogP contribution < -0.4 is 14.8 Å². The Morgan fingerprint density at radius 1 is 1.19 bits per heavy atom. The zero-order chi connectivity index (χ0) is 19.1. The van der Waals surface area contributed by atoms with Crippen molar-refractivity contribution >= 4 is 23.0 Å². The second kappa shape index (κ2) is 6.78. The van der Waals surface area contributed by atoms with Crippen LogP contribution in [0.4, 0.5) is 11.4 Å². The summed E-state index contributed by atoms with van der Waals surface area (Å²) in [5.74, 6) is 1.31. The van der Waals surface area contributed by atoms with Gasteiger partial charge in [-0.15, -0.1) is 0 Å². The van der Waals surface area contributed by atoms with Gasteiger partial charge in [-0.3, -0.25) is 10.1 Å². The minimum Gasteiger partial charge on any atom is -0.495 e. The maximum absolute atomic E-state index is 11.4. The molecule has 4 rings (SSSR count). The lowest BCUT2D eigenvalue weighted by molar-refractivity contribution is -0.385. The topological polar surface area (TPSA) is 73.6 Å². The number of rotatable bonds is 4. The van der Waals surface area contributed by atoms with E-state index in [4.69, 9.17) is 21.1 Å². The van der Waals surface area contributed by atoms with Crippen molar-refractivity contribution in [2.75, 3.05) is 19.5 Å². The van der Waals surface area contributed by atoms with E-state index >= 15 is 0 Å².